The molecule has 0 bridgehead atoms. The summed E-state index contributed by atoms with van der Waals surface area (Å²) in [6, 6.07) is 3.48. The quantitative estimate of drug-likeness (QED) is 0.635. The molecule has 2 rings (SSSR count). The zero-order chi connectivity index (χ0) is 8.55. The van der Waals surface area contributed by atoms with Crippen molar-refractivity contribution in [2.24, 2.45) is 0 Å². The maximum atomic E-state index is 13.3. The van der Waals surface area contributed by atoms with Crippen molar-refractivity contribution in [3.63, 3.8) is 0 Å². The fraction of sp³-hybridized carbons (Fsp3) is 0.200. The summed E-state index contributed by atoms with van der Waals surface area (Å²) < 4.78 is 14.1. The van der Waals surface area contributed by atoms with Crippen molar-refractivity contribution in [1.82, 2.24) is 0 Å². The van der Waals surface area contributed by atoms with Gasteiger partial charge in [-0.25, -0.2) is 4.39 Å². The Morgan fingerprint density at radius 3 is 3.00 bits per heavy atom. The van der Waals surface area contributed by atoms with Crippen LogP contribution in [0.15, 0.2) is 22.7 Å². The summed E-state index contributed by atoms with van der Waals surface area (Å²) in [4.78, 5) is 0. The number of halogens is 2. The lowest BCUT2D eigenvalue weighted by atomic mass is 9.97. The van der Waals surface area contributed by atoms with Crippen LogP contribution in [-0.4, -0.2) is 0 Å². The van der Waals surface area contributed by atoms with Crippen molar-refractivity contribution in [2.75, 3.05) is 0 Å². The average Bonchev–Trinajstić information content (AvgIpc) is 2.04. The summed E-state index contributed by atoms with van der Waals surface area (Å²) in [5.41, 5.74) is 1.86. The van der Waals surface area contributed by atoms with Gasteiger partial charge in [-0.3, -0.25) is 0 Å². The molecule has 2 heteroatoms. The number of rotatable bonds is 0. The predicted molar refractivity (Wildman–Crippen MR) is 51.5 cm³/mol. The molecule has 0 radical (unpaired) electrons. The molecule has 0 atom stereocenters. The van der Waals surface area contributed by atoms with Crippen LogP contribution in [0.25, 0.3) is 6.08 Å². The molecule has 0 saturated carbocycles. The van der Waals surface area contributed by atoms with Crippen LogP contribution in [-0.2, 0) is 6.42 Å². The maximum Gasteiger partial charge on any atom is 0.128 e. The Kier molecular flexibility index (Phi) is 2.01. The van der Waals surface area contributed by atoms with Crippen LogP contribution in [0.5, 0.6) is 0 Å². The molecule has 1 aromatic carbocycles. The number of fused-ring (bicyclic) bond motifs is 1. The monoisotopic (exact) mass is 226 g/mol. The highest BCUT2D eigenvalue weighted by Crippen LogP contribution is 2.25. The van der Waals surface area contributed by atoms with Gasteiger partial charge in [0.2, 0.25) is 0 Å². The fourth-order valence-corrected chi connectivity index (χ4v) is 1.92. The van der Waals surface area contributed by atoms with Gasteiger partial charge in [0, 0.05) is 4.47 Å². The Labute approximate surface area is 79.2 Å². The van der Waals surface area contributed by atoms with Gasteiger partial charge in [-0.05, 0) is 36.1 Å². The van der Waals surface area contributed by atoms with Crippen LogP contribution in [0, 0.1) is 5.82 Å². The lowest BCUT2D eigenvalue weighted by molar-refractivity contribution is 0.607. The van der Waals surface area contributed by atoms with E-state index in [2.05, 4.69) is 22.0 Å². The second-order valence-corrected chi connectivity index (χ2v) is 3.81. The molecule has 1 aliphatic rings. The maximum absolute atomic E-state index is 13.3. The van der Waals surface area contributed by atoms with Crippen molar-refractivity contribution < 1.29 is 4.39 Å². The largest absolute Gasteiger partial charge is 0.207 e. The van der Waals surface area contributed by atoms with Gasteiger partial charge in [0.1, 0.15) is 5.82 Å². The van der Waals surface area contributed by atoms with Crippen molar-refractivity contribution in [3.05, 3.63) is 39.6 Å². The van der Waals surface area contributed by atoms with Crippen molar-refractivity contribution >= 4 is 22.0 Å². The predicted octanol–water partition coefficient (Wildman–Crippen LogP) is 3.55. The molecule has 1 aliphatic carbocycles. The van der Waals surface area contributed by atoms with Crippen LogP contribution in [0.1, 0.15) is 17.5 Å². The Morgan fingerprint density at radius 2 is 2.17 bits per heavy atom. The molecule has 0 nitrogen and oxygen atoms in total. The lowest BCUT2D eigenvalue weighted by Gasteiger charge is -2.11. The van der Waals surface area contributed by atoms with Crippen LogP contribution in [0.3, 0.4) is 0 Å². The first kappa shape index (κ1) is 7.99. The summed E-state index contributed by atoms with van der Waals surface area (Å²) in [6.07, 6.45) is 5.83. The average molecular weight is 227 g/mol. The second-order valence-electron chi connectivity index (χ2n) is 2.90. The van der Waals surface area contributed by atoms with Crippen molar-refractivity contribution in [3.8, 4) is 0 Å². The number of benzene rings is 1. The molecule has 0 unspecified atom stereocenters. The third-order valence-corrected chi connectivity index (χ3v) is 2.51. The highest BCUT2D eigenvalue weighted by atomic mass is 79.9. The van der Waals surface area contributed by atoms with Crippen LogP contribution < -0.4 is 0 Å². The van der Waals surface area contributed by atoms with Gasteiger partial charge in [-0.1, -0.05) is 28.1 Å². The van der Waals surface area contributed by atoms with Crippen molar-refractivity contribution in [2.45, 2.75) is 12.8 Å². The van der Waals surface area contributed by atoms with E-state index in [-0.39, 0.29) is 5.82 Å². The van der Waals surface area contributed by atoms with E-state index < -0.39 is 0 Å². The topological polar surface area (TPSA) is 0 Å². The highest BCUT2D eigenvalue weighted by Gasteiger charge is 2.10. The van der Waals surface area contributed by atoms with E-state index in [4.69, 9.17) is 0 Å². The molecule has 0 spiro atoms. The van der Waals surface area contributed by atoms with Gasteiger partial charge in [-0.2, -0.15) is 0 Å². The smallest absolute Gasteiger partial charge is 0.128 e. The van der Waals surface area contributed by atoms with Gasteiger partial charge in [0.25, 0.3) is 0 Å². The Bertz CT molecular complexity index is 342. The molecule has 0 fully saturated rings. The molecule has 0 N–H and O–H groups in total. The summed E-state index contributed by atoms with van der Waals surface area (Å²) in [7, 11) is 0. The zero-order valence-electron chi connectivity index (χ0n) is 6.48. The normalized spacial score (nSPS) is 14.5. The molecule has 0 saturated heterocycles. The molecule has 0 heterocycles. The van der Waals surface area contributed by atoms with Crippen LogP contribution >= 0.6 is 15.9 Å². The van der Waals surface area contributed by atoms with Gasteiger partial charge in [0.15, 0.2) is 0 Å². The standard InChI is InChI=1S/C10H8BrF/c11-8-5-7-3-1-2-4-9(7)10(12)6-8/h1,3,5-6H,2,4H2. The minimum atomic E-state index is -0.0938. The summed E-state index contributed by atoms with van der Waals surface area (Å²) in [5.74, 6) is -0.0938. The first-order chi connectivity index (χ1) is 5.77. The van der Waals surface area contributed by atoms with Gasteiger partial charge >= 0.3 is 0 Å². The van der Waals surface area contributed by atoms with Gasteiger partial charge < -0.3 is 0 Å². The molecular formula is C10H8BrF. The highest BCUT2D eigenvalue weighted by molar-refractivity contribution is 9.10. The fourth-order valence-electron chi connectivity index (χ4n) is 1.47. The number of hydrogen-bond acceptors (Lipinski definition) is 0. The summed E-state index contributed by atoms with van der Waals surface area (Å²) in [6.45, 7) is 0. The SMILES string of the molecule is Fc1cc(Br)cc2c1CCC=C2. The third kappa shape index (κ3) is 1.31. The van der Waals surface area contributed by atoms with E-state index in [1.54, 1.807) is 0 Å². The van der Waals surface area contributed by atoms with Crippen LogP contribution in [0.2, 0.25) is 0 Å². The molecule has 12 heavy (non-hydrogen) atoms. The Hall–Kier alpha value is -0.630. The molecular weight excluding hydrogens is 219 g/mol. The van der Waals surface area contributed by atoms with E-state index in [1.165, 1.54) is 6.07 Å². The van der Waals surface area contributed by atoms with E-state index in [0.717, 1.165) is 28.4 Å². The molecule has 62 valence electrons. The van der Waals surface area contributed by atoms with E-state index in [9.17, 15) is 4.39 Å². The van der Waals surface area contributed by atoms with Crippen LogP contribution in [0.4, 0.5) is 4.39 Å². The first-order valence-corrected chi connectivity index (χ1v) is 4.71. The lowest BCUT2D eigenvalue weighted by Crippen LogP contribution is -1.97. The zero-order valence-corrected chi connectivity index (χ0v) is 8.07. The first-order valence-electron chi connectivity index (χ1n) is 3.92. The number of hydrogen-bond donors (Lipinski definition) is 0. The third-order valence-electron chi connectivity index (χ3n) is 2.05. The molecule has 0 aromatic heterocycles. The second kappa shape index (κ2) is 3.02. The van der Waals surface area contributed by atoms with Gasteiger partial charge in [0.05, 0.1) is 0 Å². The summed E-state index contributed by atoms with van der Waals surface area (Å²) in [5, 5.41) is 0. The van der Waals surface area contributed by atoms with Gasteiger partial charge in [-0.15, -0.1) is 0 Å². The summed E-state index contributed by atoms with van der Waals surface area (Å²) >= 11 is 3.27. The Balaban J connectivity index is 2.62. The van der Waals surface area contributed by atoms with E-state index >= 15 is 0 Å². The number of allylic oxidation sites excluding steroid dienone is 1. The minimum absolute atomic E-state index is 0.0938. The molecule has 0 aliphatic heterocycles. The van der Waals surface area contributed by atoms with E-state index in [0.29, 0.717) is 0 Å². The Morgan fingerprint density at radius 1 is 1.33 bits per heavy atom. The molecule has 1 aromatic rings. The minimum Gasteiger partial charge on any atom is -0.207 e. The van der Waals surface area contributed by atoms with E-state index in [1.807, 2.05) is 12.1 Å². The molecule has 0 amide bonds. The van der Waals surface area contributed by atoms with Crippen molar-refractivity contribution in [1.29, 1.82) is 0 Å².